The van der Waals surface area contributed by atoms with E-state index >= 15 is 0 Å². The summed E-state index contributed by atoms with van der Waals surface area (Å²) in [5, 5.41) is 0. The van der Waals surface area contributed by atoms with Crippen molar-refractivity contribution < 1.29 is 18.7 Å². The van der Waals surface area contributed by atoms with E-state index in [2.05, 4.69) is 9.72 Å². The monoisotopic (exact) mass is 199 g/mol. The highest BCUT2D eigenvalue weighted by molar-refractivity contribution is 5.91. The van der Waals surface area contributed by atoms with Crippen molar-refractivity contribution in [3.8, 4) is 5.88 Å². The average Bonchev–Trinajstić information content (AvgIpc) is 2.20. The van der Waals surface area contributed by atoms with E-state index in [9.17, 15) is 9.18 Å². The molecule has 1 aromatic rings. The molecule has 0 aliphatic heterocycles. The van der Waals surface area contributed by atoms with Gasteiger partial charge in [0, 0.05) is 0 Å². The number of aryl methyl sites for hydroxylation is 1. The van der Waals surface area contributed by atoms with Crippen LogP contribution >= 0.6 is 0 Å². The van der Waals surface area contributed by atoms with Gasteiger partial charge in [-0.3, -0.25) is 0 Å². The minimum atomic E-state index is -0.673. The van der Waals surface area contributed by atoms with Crippen LogP contribution in [0.5, 0.6) is 5.88 Å². The highest BCUT2D eigenvalue weighted by Gasteiger charge is 2.16. The highest BCUT2D eigenvalue weighted by atomic mass is 19.1. The molecular weight excluding hydrogens is 189 g/mol. The number of carbonyl (C=O) groups excluding carboxylic acids is 1. The number of methoxy groups -OCH3 is 2. The van der Waals surface area contributed by atoms with Crippen LogP contribution in [0.4, 0.5) is 4.39 Å². The second-order valence-corrected chi connectivity index (χ2v) is 2.60. The van der Waals surface area contributed by atoms with Gasteiger partial charge in [0.25, 0.3) is 0 Å². The van der Waals surface area contributed by atoms with Gasteiger partial charge < -0.3 is 9.47 Å². The molecule has 4 nitrogen and oxygen atoms in total. The molecule has 0 fully saturated rings. The SMILES string of the molecule is COC(=O)c1cc(F)c(C)nc1OC. The van der Waals surface area contributed by atoms with Gasteiger partial charge >= 0.3 is 5.97 Å². The van der Waals surface area contributed by atoms with E-state index in [0.717, 1.165) is 6.07 Å². The van der Waals surface area contributed by atoms with Crippen molar-refractivity contribution in [2.45, 2.75) is 6.92 Å². The maximum atomic E-state index is 13.1. The molecule has 5 heteroatoms. The number of aromatic nitrogens is 1. The number of esters is 1. The first-order valence-electron chi connectivity index (χ1n) is 3.89. The van der Waals surface area contributed by atoms with Crippen LogP contribution in [0.2, 0.25) is 0 Å². The molecule has 0 spiro atoms. The molecule has 0 saturated heterocycles. The number of carbonyl (C=O) groups is 1. The first kappa shape index (κ1) is 10.4. The van der Waals surface area contributed by atoms with Crippen LogP contribution in [-0.4, -0.2) is 25.2 Å². The Labute approximate surface area is 80.7 Å². The molecule has 0 N–H and O–H groups in total. The summed E-state index contributed by atoms with van der Waals surface area (Å²) in [7, 11) is 2.56. The van der Waals surface area contributed by atoms with Gasteiger partial charge in [-0.25, -0.2) is 14.2 Å². The molecule has 0 amide bonds. The maximum Gasteiger partial charge on any atom is 0.343 e. The van der Waals surface area contributed by atoms with Crippen molar-refractivity contribution in [1.29, 1.82) is 0 Å². The van der Waals surface area contributed by atoms with Crippen LogP contribution in [0.15, 0.2) is 6.07 Å². The van der Waals surface area contributed by atoms with E-state index in [1.807, 2.05) is 0 Å². The standard InChI is InChI=1S/C9H10FNO3/c1-5-7(10)4-6(9(12)14-3)8(11-5)13-2/h4H,1-3H3. The Morgan fingerprint density at radius 1 is 1.50 bits per heavy atom. The normalized spacial score (nSPS) is 9.71. The fraction of sp³-hybridized carbons (Fsp3) is 0.333. The molecule has 0 atom stereocenters. The minimum Gasteiger partial charge on any atom is -0.480 e. The van der Waals surface area contributed by atoms with Crippen LogP contribution < -0.4 is 4.74 Å². The maximum absolute atomic E-state index is 13.1. The lowest BCUT2D eigenvalue weighted by Gasteiger charge is -2.06. The second kappa shape index (κ2) is 4.04. The third-order valence-electron chi connectivity index (χ3n) is 1.72. The summed E-state index contributed by atoms with van der Waals surface area (Å²) in [4.78, 5) is 14.9. The number of pyridine rings is 1. The molecule has 0 aliphatic carbocycles. The topological polar surface area (TPSA) is 48.4 Å². The van der Waals surface area contributed by atoms with Crippen LogP contribution in [-0.2, 0) is 4.74 Å². The zero-order valence-corrected chi connectivity index (χ0v) is 8.13. The Hall–Kier alpha value is -1.65. The third kappa shape index (κ3) is 1.81. The molecule has 14 heavy (non-hydrogen) atoms. The summed E-state index contributed by atoms with van der Waals surface area (Å²) in [6.45, 7) is 1.49. The summed E-state index contributed by atoms with van der Waals surface area (Å²) >= 11 is 0. The fourth-order valence-corrected chi connectivity index (χ4v) is 0.971. The minimum absolute atomic E-state index is 0.0156. The van der Waals surface area contributed by atoms with Crippen LogP contribution in [0.25, 0.3) is 0 Å². The average molecular weight is 199 g/mol. The largest absolute Gasteiger partial charge is 0.480 e. The van der Waals surface area contributed by atoms with Gasteiger partial charge in [0.1, 0.15) is 11.4 Å². The smallest absolute Gasteiger partial charge is 0.343 e. The van der Waals surface area contributed by atoms with Crippen LogP contribution in [0.1, 0.15) is 16.1 Å². The highest BCUT2D eigenvalue weighted by Crippen LogP contribution is 2.19. The zero-order chi connectivity index (χ0) is 10.7. The summed E-state index contributed by atoms with van der Waals surface area (Å²) < 4.78 is 22.3. The Morgan fingerprint density at radius 3 is 2.64 bits per heavy atom. The number of ether oxygens (including phenoxy) is 2. The Kier molecular flexibility index (Phi) is 3.01. The molecule has 0 radical (unpaired) electrons. The molecule has 1 aromatic heterocycles. The van der Waals surface area contributed by atoms with E-state index in [4.69, 9.17) is 4.74 Å². The fourth-order valence-electron chi connectivity index (χ4n) is 0.971. The number of halogens is 1. The van der Waals surface area contributed by atoms with Crippen molar-refractivity contribution in [2.75, 3.05) is 14.2 Å². The van der Waals surface area contributed by atoms with Crippen molar-refractivity contribution >= 4 is 5.97 Å². The third-order valence-corrected chi connectivity index (χ3v) is 1.72. The van der Waals surface area contributed by atoms with Crippen LogP contribution in [0.3, 0.4) is 0 Å². The quantitative estimate of drug-likeness (QED) is 0.674. The van der Waals surface area contributed by atoms with Gasteiger partial charge in [-0.05, 0) is 13.0 Å². The summed E-state index contributed by atoms with van der Waals surface area (Å²) in [5.41, 5.74) is 0.160. The molecule has 76 valence electrons. The number of rotatable bonds is 2. The lowest BCUT2D eigenvalue weighted by atomic mass is 10.2. The van der Waals surface area contributed by atoms with Crippen molar-refractivity contribution in [3.05, 3.63) is 23.1 Å². The van der Waals surface area contributed by atoms with Crippen LogP contribution in [0, 0.1) is 12.7 Å². The molecule has 1 rings (SSSR count). The molecule has 1 heterocycles. The molecular formula is C9H10FNO3. The number of hydrogen-bond donors (Lipinski definition) is 0. The van der Waals surface area contributed by atoms with Gasteiger partial charge in [-0.15, -0.1) is 0 Å². The molecule has 0 unspecified atom stereocenters. The molecule has 0 saturated carbocycles. The first-order chi connectivity index (χ1) is 6.60. The lowest BCUT2D eigenvalue weighted by Crippen LogP contribution is -2.07. The van der Waals surface area contributed by atoms with E-state index in [-0.39, 0.29) is 17.1 Å². The molecule has 0 bridgehead atoms. The van der Waals surface area contributed by atoms with Crippen molar-refractivity contribution in [3.63, 3.8) is 0 Å². The zero-order valence-electron chi connectivity index (χ0n) is 8.13. The van der Waals surface area contributed by atoms with Crippen molar-refractivity contribution in [2.24, 2.45) is 0 Å². The summed E-state index contributed by atoms with van der Waals surface area (Å²) in [5.74, 6) is -1.17. The van der Waals surface area contributed by atoms with E-state index in [0.29, 0.717) is 0 Å². The van der Waals surface area contributed by atoms with Gasteiger partial charge in [0.2, 0.25) is 5.88 Å². The predicted molar refractivity (Wildman–Crippen MR) is 46.8 cm³/mol. The Balaban J connectivity index is 3.27. The molecule has 0 aromatic carbocycles. The Morgan fingerprint density at radius 2 is 2.14 bits per heavy atom. The predicted octanol–water partition coefficient (Wildman–Crippen LogP) is 1.32. The van der Waals surface area contributed by atoms with Gasteiger partial charge in [0.05, 0.1) is 19.9 Å². The lowest BCUT2D eigenvalue weighted by molar-refractivity contribution is 0.0595. The van der Waals surface area contributed by atoms with E-state index in [1.54, 1.807) is 0 Å². The first-order valence-corrected chi connectivity index (χ1v) is 3.89. The second-order valence-electron chi connectivity index (χ2n) is 2.60. The summed E-state index contributed by atoms with van der Waals surface area (Å²) in [6, 6.07) is 1.05. The van der Waals surface area contributed by atoms with Gasteiger partial charge in [-0.1, -0.05) is 0 Å². The number of hydrogen-bond acceptors (Lipinski definition) is 4. The van der Waals surface area contributed by atoms with E-state index in [1.165, 1.54) is 21.1 Å². The summed E-state index contributed by atoms with van der Waals surface area (Å²) in [6.07, 6.45) is 0. The van der Waals surface area contributed by atoms with Gasteiger partial charge in [-0.2, -0.15) is 0 Å². The van der Waals surface area contributed by atoms with Crippen molar-refractivity contribution in [1.82, 2.24) is 4.98 Å². The Bertz CT molecular complexity index is 365. The van der Waals surface area contributed by atoms with E-state index < -0.39 is 11.8 Å². The van der Waals surface area contributed by atoms with Gasteiger partial charge in [0.15, 0.2) is 0 Å². The molecule has 0 aliphatic rings. The number of nitrogens with zero attached hydrogens (tertiary/aromatic N) is 1.